The van der Waals surface area contributed by atoms with Crippen LogP contribution in [0.5, 0.6) is 0 Å². The van der Waals surface area contributed by atoms with E-state index in [1.807, 2.05) is 0 Å². The molecule has 1 aliphatic carbocycles. The topological polar surface area (TPSA) is 23.6 Å². The van der Waals surface area contributed by atoms with E-state index in [4.69, 9.17) is 0 Å². The van der Waals surface area contributed by atoms with Crippen molar-refractivity contribution in [3.05, 3.63) is 0 Å². The van der Waals surface area contributed by atoms with Crippen LogP contribution in [0.15, 0.2) is 0 Å². The highest BCUT2D eigenvalue weighted by molar-refractivity contribution is 5.79. The summed E-state index contributed by atoms with van der Waals surface area (Å²) in [5.41, 5.74) is 0. The van der Waals surface area contributed by atoms with E-state index in [-0.39, 0.29) is 5.92 Å². The maximum Gasteiger partial charge on any atom is 0.225 e. The number of amides is 1. The summed E-state index contributed by atoms with van der Waals surface area (Å²) in [6.07, 6.45) is 5.18. The molecule has 0 radical (unpaired) electrons. The first kappa shape index (κ1) is 12.9. The van der Waals surface area contributed by atoms with Crippen molar-refractivity contribution in [3.63, 3.8) is 0 Å². The standard InChI is InChI=1S/C14H26N2O/c1-3-15-8-10-16(11-9-15)14(17)12(2)13-6-4-5-7-13/h12-13H,3-11H2,1-2H3. The predicted molar refractivity (Wildman–Crippen MR) is 69.8 cm³/mol. The van der Waals surface area contributed by atoms with Crippen molar-refractivity contribution < 1.29 is 4.79 Å². The summed E-state index contributed by atoms with van der Waals surface area (Å²) in [7, 11) is 0. The van der Waals surface area contributed by atoms with Crippen LogP contribution < -0.4 is 0 Å². The molecule has 3 nitrogen and oxygen atoms in total. The zero-order valence-corrected chi connectivity index (χ0v) is 11.3. The molecular weight excluding hydrogens is 212 g/mol. The number of hydrogen-bond donors (Lipinski definition) is 0. The number of rotatable bonds is 3. The quantitative estimate of drug-likeness (QED) is 0.750. The molecule has 0 N–H and O–H groups in total. The van der Waals surface area contributed by atoms with Gasteiger partial charge in [-0.3, -0.25) is 4.79 Å². The minimum atomic E-state index is 0.255. The summed E-state index contributed by atoms with van der Waals surface area (Å²) in [4.78, 5) is 16.9. The van der Waals surface area contributed by atoms with Gasteiger partial charge in [0, 0.05) is 32.1 Å². The second-order valence-electron chi connectivity index (χ2n) is 5.59. The Labute approximate surface area is 105 Å². The summed E-state index contributed by atoms with van der Waals surface area (Å²) in [6.45, 7) is 9.43. The molecule has 0 aromatic carbocycles. The van der Waals surface area contributed by atoms with E-state index in [1.54, 1.807) is 0 Å². The van der Waals surface area contributed by atoms with Crippen LogP contribution in [0.4, 0.5) is 0 Å². The molecule has 3 heteroatoms. The number of carbonyl (C=O) groups is 1. The third kappa shape index (κ3) is 3.01. The van der Waals surface area contributed by atoms with Crippen LogP contribution >= 0.6 is 0 Å². The van der Waals surface area contributed by atoms with Gasteiger partial charge in [-0.25, -0.2) is 0 Å². The highest BCUT2D eigenvalue weighted by atomic mass is 16.2. The Morgan fingerprint density at radius 1 is 1.18 bits per heavy atom. The molecule has 1 aliphatic heterocycles. The van der Waals surface area contributed by atoms with E-state index in [1.165, 1.54) is 25.7 Å². The van der Waals surface area contributed by atoms with Crippen LogP contribution in [0.25, 0.3) is 0 Å². The lowest BCUT2D eigenvalue weighted by molar-refractivity contribution is -0.138. The first-order chi connectivity index (χ1) is 8.22. The number of piperazine rings is 1. The van der Waals surface area contributed by atoms with Gasteiger partial charge in [0.15, 0.2) is 0 Å². The Bertz CT molecular complexity index is 253. The van der Waals surface area contributed by atoms with E-state index in [9.17, 15) is 4.79 Å². The third-order valence-corrected chi connectivity index (χ3v) is 4.63. The lowest BCUT2D eigenvalue weighted by atomic mass is 9.91. The average molecular weight is 238 g/mol. The highest BCUT2D eigenvalue weighted by Gasteiger charge is 2.31. The summed E-state index contributed by atoms with van der Waals surface area (Å²) < 4.78 is 0. The Morgan fingerprint density at radius 2 is 1.76 bits per heavy atom. The molecule has 2 aliphatic rings. The molecule has 1 amide bonds. The Kier molecular flexibility index (Phi) is 4.43. The molecule has 2 fully saturated rings. The van der Waals surface area contributed by atoms with Crippen molar-refractivity contribution in [2.45, 2.75) is 39.5 Å². The molecule has 1 saturated heterocycles. The van der Waals surface area contributed by atoms with Gasteiger partial charge in [-0.05, 0) is 25.3 Å². The average Bonchev–Trinajstić information content (AvgIpc) is 2.91. The minimum absolute atomic E-state index is 0.255. The van der Waals surface area contributed by atoms with E-state index >= 15 is 0 Å². The fourth-order valence-corrected chi connectivity index (χ4v) is 3.23. The molecule has 0 spiro atoms. The molecule has 1 saturated carbocycles. The maximum atomic E-state index is 12.4. The normalized spacial score (nSPS) is 25.2. The molecule has 98 valence electrons. The number of hydrogen-bond acceptors (Lipinski definition) is 2. The summed E-state index contributed by atoms with van der Waals surface area (Å²) in [5, 5.41) is 0. The van der Waals surface area contributed by atoms with Crippen LogP contribution in [0.2, 0.25) is 0 Å². The smallest absolute Gasteiger partial charge is 0.225 e. The van der Waals surface area contributed by atoms with Crippen LogP contribution in [-0.2, 0) is 4.79 Å². The van der Waals surface area contributed by atoms with Crippen molar-refractivity contribution in [1.82, 2.24) is 9.80 Å². The van der Waals surface area contributed by atoms with Gasteiger partial charge in [-0.2, -0.15) is 0 Å². The molecule has 1 atom stereocenters. The fourth-order valence-electron chi connectivity index (χ4n) is 3.23. The number of nitrogens with zero attached hydrogens (tertiary/aromatic N) is 2. The van der Waals surface area contributed by atoms with Gasteiger partial charge in [0.1, 0.15) is 0 Å². The molecule has 0 aromatic rings. The molecule has 1 heterocycles. The van der Waals surface area contributed by atoms with Crippen molar-refractivity contribution in [2.24, 2.45) is 11.8 Å². The van der Waals surface area contributed by atoms with Crippen molar-refractivity contribution in [1.29, 1.82) is 0 Å². The van der Waals surface area contributed by atoms with E-state index in [2.05, 4.69) is 23.6 Å². The largest absolute Gasteiger partial charge is 0.340 e. The minimum Gasteiger partial charge on any atom is -0.340 e. The summed E-state index contributed by atoms with van der Waals surface area (Å²) in [6, 6.07) is 0. The first-order valence-electron chi connectivity index (χ1n) is 7.23. The van der Waals surface area contributed by atoms with E-state index < -0.39 is 0 Å². The van der Waals surface area contributed by atoms with Gasteiger partial charge in [0.05, 0.1) is 0 Å². The number of likely N-dealkylation sites (N-methyl/N-ethyl adjacent to an activating group) is 1. The molecule has 2 rings (SSSR count). The predicted octanol–water partition coefficient (Wildman–Crippen LogP) is 1.98. The van der Waals surface area contributed by atoms with Gasteiger partial charge < -0.3 is 9.80 Å². The molecule has 0 aromatic heterocycles. The third-order valence-electron chi connectivity index (χ3n) is 4.63. The Morgan fingerprint density at radius 3 is 2.29 bits per heavy atom. The van der Waals surface area contributed by atoms with Crippen LogP contribution in [-0.4, -0.2) is 48.4 Å². The second-order valence-corrected chi connectivity index (χ2v) is 5.59. The van der Waals surface area contributed by atoms with Gasteiger partial charge in [-0.1, -0.05) is 26.7 Å². The fraction of sp³-hybridized carbons (Fsp3) is 0.929. The molecule has 17 heavy (non-hydrogen) atoms. The van der Waals surface area contributed by atoms with E-state index in [0.29, 0.717) is 11.8 Å². The van der Waals surface area contributed by atoms with Crippen molar-refractivity contribution in [2.75, 3.05) is 32.7 Å². The van der Waals surface area contributed by atoms with Gasteiger partial charge in [0.25, 0.3) is 0 Å². The van der Waals surface area contributed by atoms with Gasteiger partial charge in [0.2, 0.25) is 5.91 Å². The monoisotopic (exact) mass is 238 g/mol. The molecule has 0 bridgehead atoms. The zero-order valence-electron chi connectivity index (χ0n) is 11.3. The van der Waals surface area contributed by atoms with E-state index in [0.717, 1.165) is 32.7 Å². The second kappa shape index (κ2) is 5.85. The highest BCUT2D eigenvalue weighted by Crippen LogP contribution is 2.32. The first-order valence-corrected chi connectivity index (χ1v) is 7.23. The summed E-state index contributed by atoms with van der Waals surface area (Å²) in [5.74, 6) is 1.32. The van der Waals surface area contributed by atoms with Crippen LogP contribution in [0, 0.1) is 11.8 Å². The van der Waals surface area contributed by atoms with Gasteiger partial charge in [-0.15, -0.1) is 0 Å². The summed E-state index contributed by atoms with van der Waals surface area (Å²) >= 11 is 0. The maximum absolute atomic E-state index is 12.4. The lowest BCUT2D eigenvalue weighted by Gasteiger charge is -2.36. The SMILES string of the molecule is CCN1CCN(C(=O)C(C)C2CCCC2)CC1. The number of carbonyl (C=O) groups excluding carboxylic acids is 1. The van der Waals surface area contributed by atoms with Crippen molar-refractivity contribution in [3.8, 4) is 0 Å². The van der Waals surface area contributed by atoms with Crippen LogP contribution in [0.3, 0.4) is 0 Å². The Hall–Kier alpha value is -0.570. The molecule has 1 unspecified atom stereocenters. The Balaban J connectivity index is 1.83. The van der Waals surface area contributed by atoms with Crippen molar-refractivity contribution >= 4 is 5.91 Å². The zero-order chi connectivity index (χ0) is 12.3. The van der Waals surface area contributed by atoms with Crippen LogP contribution in [0.1, 0.15) is 39.5 Å². The molecular formula is C14H26N2O. The van der Waals surface area contributed by atoms with Gasteiger partial charge >= 0.3 is 0 Å². The lowest BCUT2D eigenvalue weighted by Crippen LogP contribution is -2.50.